The second kappa shape index (κ2) is 10.9. The van der Waals surface area contributed by atoms with Crippen LogP contribution < -0.4 is 9.04 Å². The number of benzene rings is 3. The molecule has 0 spiro atoms. The number of hydroxylamine groups is 1. The minimum Gasteiger partial charge on any atom is -0.487 e. The molecule has 0 aliphatic carbocycles. The maximum absolute atomic E-state index is 13.4. The zero-order valence-corrected chi connectivity index (χ0v) is 22.8. The van der Waals surface area contributed by atoms with Gasteiger partial charge in [0.2, 0.25) is 5.89 Å². The molecule has 0 unspecified atom stereocenters. The van der Waals surface area contributed by atoms with Gasteiger partial charge in [-0.3, -0.25) is 9.10 Å². The molecule has 5 rings (SSSR count). The molecular weight excluding hydrogens is 518 g/mol. The molecule has 1 aliphatic rings. The molecule has 202 valence electrons. The number of nitrogens with zero attached hydrogens (tertiary/aromatic N) is 3. The van der Waals surface area contributed by atoms with Crippen LogP contribution in [0.3, 0.4) is 0 Å². The molecule has 9 nitrogen and oxygen atoms in total. The van der Waals surface area contributed by atoms with Crippen molar-refractivity contribution >= 4 is 21.9 Å². The number of ether oxygens (including phenoxy) is 1. The van der Waals surface area contributed by atoms with E-state index >= 15 is 0 Å². The number of hydrogen-bond donors (Lipinski definition) is 0. The van der Waals surface area contributed by atoms with Crippen molar-refractivity contribution in [1.29, 1.82) is 0 Å². The highest BCUT2D eigenvalue weighted by atomic mass is 32.2. The van der Waals surface area contributed by atoms with Crippen molar-refractivity contribution in [2.45, 2.75) is 40.3 Å². The van der Waals surface area contributed by atoms with Crippen LogP contribution in [0.15, 0.2) is 77.2 Å². The molecular formula is C29H29N3O6S. The Bertz CT molecular complexity index is 1580. The van der Waals surface area contributed by atoms with E-state index in [4.69, 9.17) is 14.0 Å². The number of aryl methyl sites for hydroxylation is 2. The predicted octanol–water partition coefficient (Wildman–Crippen LogP) is 5.13. The van der Waals surface area contributed by atoms with E-state index in [0.29, 0.717) is 40.8 Å². The van der Waals surface area contributed by atoms with Crippen molar-refractivity contribution in [1.82, 2.24) is 9.45 Å². The third-order valence-corrected chi connectivity index (χ3v) is 8.07. The Balaban J connectivity index is 1.26. The van der Waals surface area contributed by atoms with Crippen molar-refractivity contribution in [2.75, 3.05) is 10.8 Å². The zero-order valence-electron chi connectivity index (χ0n) is 22.0. The molecule has 0 saturated heterocycles. The number of carbonyl (C=O) groups excluding carboxylic acids is 1. The van der Waals surface area contributed by atoms with Gasteiger partial charge in [-0.25, -0.2) is 4.98 Å². The topological polar surface area (TPSA) is 102 Å². The summed E-state index contributed by atoms with van der Waals surface area (Å²) in [5.41, 5.74) is 4.88. The van der Waals surface area contributed by atoms with E-state index in [1.807, 2.05) is 50.2 Å². The number of hydrogen-bond acceptors (Lipinski definition) is 7. The van der Waals surface area contributed by atoms with E-state index in [1.165, 1.54) is 11.2 Å². The summed E-state index contributed by atoms with van der Waals surface area (Å²) in [7, 11) is -4.12. The molecule has 0 radical (unpaired) electrons. The number of fused-ring (bicyclic) bond motifs is 1. The Morgan fingerprint density at radius 3 is 2.46 bits per heavy atom. The van der Waals surface area contributed by atoms with Crippen molar-refractivity contribution in [3.05, 3.63) is 101 Å². The van der Waals surface area contributed by atoms with Crippen LogP contribution >= 0.6 is 0 Å². The van der Waals surface area contributed by atoms with Gasteiger partial charge in [-0.2, -0.15) is 8.42 Å². The summed E-state index contributed by atoms with van der Waals surface area (Å²) in [5, 5.41) is 0. The first-order valence-electron chi connectivity index (χ1n) is 12.5. The first kappa shape index (κ1) is 26.5. The fraction of sp³-hybridized carbons (Fsp3) is 0.241. The van der Waals surface area contributed by atoms with E-state index in [-0.39, 0.29) is 19.7 Å². The second-order valence-corrected chi connectivity index (χ2v) is 11.1. The van der Waals surface area contributed by atoms with Gasteiger partial charge >= 0.3 is 16.2 Å². The molecule has 0 atom stereocenters. The van der Waals surface area contributed by atoms with E-state index in [9.17, 15) is 13.2 Å². The number of anilines is 1. The number of para-hydroxylation sites is 1. The third kappa shape index (κ3) is 5.81. The van der Waals surface area contributed by atoms with Gasteiger partial charge < -0.3 is 14.0 Å². The lowest BCUT2D eigenvalue weighted by Crippen LogP contribution is -2.43. The lowest BCUT2D eigenvalue weighted by Gasteiger charge is -2.27. The number of rotatable bonds is 9. The molecule has 0 bridgehead atoms. The van der Waals surface area contributed by atoms with Crippen LogP contribution in [0.2, 0.25) is 0 Å². The van der Waals surface area contributed by atoms with Crippen molar-refractivity contribution in [3.8, 4) is 17.2 Å². The molecule has 1 aliphatic heterocycles. The van der Waals surface area contributed by atoms with Crippen LogP contribution in [0.25, 0.3) is 11.5 Å². The fourth-order valence-electron chi connectivity index (χ4n) is 4.34. The molecule has 0 N–H and O–H groups in total. The van der Waals surface area contributed by atoms with Crippen molar-refractivity contribution < 1.29 is 27.2 Å². The van der Waals surface area contributed by atoms with Gasteiger partial charge in [0.1, 0.15) is 23.8 Å². The van der Waals surface area contributed by atoms with Gasteiger partial charge in [0, 0.05) is 19.0 Å². The Morgan fingerprint density at radius 1 is 1.03 bits per heavy atom. The van der Waals surface area contributed by atoms with Gasteiger partial charge in [-0.15, -0.1) is 0 Å². The standard InChI is InChI=1S/C29H29N3O6S/c1-20-8-12-25(13-9-20)29-30-27(21(2)37-29)19-36-26-14-10-23(11-15-26)18-32(38-22(3)33)39(34,35)31-17-16-24-6-4-5-7-28(24)31/h4-15H,16-19H2,1-3H3. The lowest BCUT2D eigenvalue weighted by atomic mass is 10.1. The van der Waals surface area contributed by atoms with Gasteiger partial charge in [0.25, 0.3) is 0 Å². The van der Waals surface area contributed by atoms with Gasteiger partial charge in [0.15, 0.2) is 0 Å². The molecule has 10 heteroatoms. The predicted molar refractivity (Wildman–Crippen MR) is 146 cm³/mol. The Labute approximate surface area is 227 Å². The average molecular weight is 548 g/mol. The van der Waals surface area contributed by atoms with Gasteiger partial charge in [-0.1, -0.05) is 48.0 Å². The molecule has 1 aromatic heterocycles. The van der Waals surface area contributed by atoms with Crippen LogP contribution in [0.5, 0.6) is 5.75 Å². The van der Waals surface area contributed by atoms with E-state index in [0.717, 1.165) is 21.2 Å². The molecule has 2 heterocycles. The summed E-state index contributed by atoms with van der Waals surface area (Å²) >= 11 is 0. The number of aromatic nitrogens is 1. The lowest BCUT2D eigenvalue weighted by molar-refractivity contribution is -0.168. The maximum Gasteiger partial charge on any atom is 0.335 e. The summed E-state index contributed by atoms with van der Waals surface area (Å²) in [5.74, 6) is 1.06. The molecule has 0 fully saturated rings. The van der Waals surface area contributed by atoms with E-state index in [2.05, 4.69) is 4.98 Å². The first-order chi connectivity index (χ1) is 18.7. The summed E-state index contributed by atoms with van der Waals surface area (Å²) in [4.78, 5) is 21.5. The minimum absolute atomic E-state index is 0.150. The minimum atomic E-state index is -4.12. The van der Waals surface area contributed by atoms with Crippen molar-refractivity contribution in [3.63, 3.8) is 0 Å². The quantitative estimate of drug-likeness (QED) is 0.268. The Morgan fingerprint density at radius 2 is 1.74 bits per heavy atom. The second-order valence-electron chi connectivity index (χ2n) is 9.32. The summed E-state index contributed by atoms with van der Waals surface area (Å²) in [6.45, 7) is 5.38. The molecule has 0 amide bonds. The summed E-state index contributed by atoms with van der Waals surface area (Å²) < 4.78 is 40.6. The summed E-state index contributed by atoms with van der Waals surface area (Å²) in [6.07, 6.45) is 0.590. The third-order valence-electron chi connectivity index (χ3n) is 6.41. The van der Waals surface area contributed by atoms with E-state index in [1.54, 1.807) is 36.4 Å². The number of oxazole rings is 1. The normalized spacial score (nSPS) is 13.0. The molecule has 4 aromatic rings. The SMILES string of the molecule is CC(=O)ON(Cc1ccc(OCc2nc(-c3ccc(C)cc3)oc2C)cc1)S(=O)(=O)N1CCc2ccccc21. The van der Waals surface area contributed by atoms with Crippen LogP contribution in [0.1, 0.15) is 35.1 Å². The fourth-order valence-corrected chi connectivity index (χ4v) is 5.82. The smallest absolute Gasteiger partial charge is 0.335 e. The van der Waals surface area contributed by atoms with Crippen LogP contribution in [0, 0.1) is 13.8 Å². The zero-order chi connectivity index (χ0) is 27.6. The average Bonchev–Trinajstić information content (AvgIpc) is 3.52. The monoisotopic (exact) mass is 547 g/mol. The maximum atomic E-state index is 13.4. The van der Waals surface area contributed by atoms with Gasteiger partial charge in [-0.05, 0) is 66.2 Å². The molecule has 3 aromatic carbocycles. The summed E-state index contributed by atoms with van der Waals surface area (Å²) in [6, 6.07) is 22.2. The first-order valence-corrected chi connectivity index (χ1v) is 13.9. The van der Waals surface area contributed by atoms with Crippen molar-refractivity contribution in [2.24, 2.45) is 0 Å². The van der Waals surface area contributed by atoms with Crippen LogP contribution in [-0.2, 0) is 39.4 Å². The van der Waals surface area contributed by atoms with Crippen LogP contribution in [-0.4, -0.2) is 30.4 Å². The van der Waals surface area contributed by atoms with Gasteiger partial charge in [0.05, 0.1) is 12.2 Å². The highest BCUT2D eigenvalue weighted by Crippen LogP contribution is 2.32. The Kier molecular flexibility index (Phi) is 7.40. The molecule has 39 heavy (non-hydrogen) atoms. The molecule has 0 saturated carbocycles. The Hall–Kier alpha value is -4.15. The largest absolute Gasteiger partial charge is 0.487 e. The highest BCUT2D eigenvalue weighted by molar-refractivity contribution is 7.90. The van der Waals surface area contributed by atoms with E-state index < -0.39 is 16.2 Å². The highest BCUT2D eigenvalue weighted by Gasteiger charge is 2.36. The van der Waals surface area contributed by atoms with Crippen LogP contribution in [0.4, 0.5) is 5.69 Å². The number of carbonyl (C=O) groups is 1.